The first-order valence-corrected chi connectivity index (χ1v) is 7.35. The van der Waals surface area contributed by atoms with Gasteiger partial charge in [0.1, 0.15) is 0 Å². The molecule has 0 aromatic heterocycles. The highest BCUT2D eigenvalue weighted by Gasteiger charge is 2.20. The van der Waals surface area contributed by atoms with Gasteiger partial charge >= 0.3 is 0 Å². The van der Waals surface area contributed by atoms with Crippen LogP contribution in [0, 0.1) is 0 Å². The lowest BCUT2D eigenvalue weighted by Gasteiger charge is -2.29. The monoisotopic (exact) mass is 280 g/mol. The smallest absolute Gasteiger partial charge is 0.240 e. The lowest BCUT2D eigenvalue weighted by Crippen LogP contribution is -2.40. The number of hydrogen-bond acceptors (Lipinski definition) is 2. The lowest BCUT2D eigenvalue weighted by atomic mass is 10.00. The number of fused-ring (bicyclic) bond motifs is 1. The van der Waals surface area contributed by atoms with Gasteiger partial charge in [0.25, 0.3) is 0 Å². The highest BCUT2D eigenvalue weighted by Crippen LogP contribution is 2.19. The van der Waals surface area contributed by atoms with E-state index in [1.165, 1.54) is 11.1 Å². The fourth-order valence-corrected chi connectivity index (χ4v) is 2.78. The van der Waals surface area contributed by atoms with Crippen molar-refractivity contribution in [3.05, 3.63) is 65.7 Å². The van der Waals surface area contributed by atoms with Crippen LogP contribution in [-0.2, 0) is 17.8 Å². The Kier molecular flexibility index (Phi) is 4.02. The molecular weight excluding hydrogens is 260 g/mol. The fraction of sp³-hybridized carbons (Fsp3) is 0.278. The van der Waals surface area contributed by atoms with Gasteiger partial charge in [0.2, 0.25) is 5.91 Å². The highest BCUT2D eigenvalue weighted by atomic mass is 16.2. The van der Waals surface area contributed by atoms with E-state index in [0.29, 0.717) is 6.54 Å². The van der Waals surface area contributed by atoms with Gasteiger partial charge in [-0.15, -0.1) is 0 Å². The molecule has 21 heavy (non-hydrogen) atoms. The zero-order valence-corrected chi connectivity index (χ0v) is 12.3. The van der Waals surface area contributed by atoms with Crippen molar-refractivity contribution in [2.24, 2.45) is 0 Å². The van der Waals surface area contributed by atoms with Crippen molar-refractivity contribution in [3.63, 3.8) is 0 Å². The summed E-state index contributed by atoms with van der Waals surface area (Å²) >= 11 is 0. The molecular formula is C18H20N2O. The zero-order valence-electron chi connectivity index (χ0n) is 12.3. The third-order valence-corrected chi connectivity index (χ3v) is 4.09. The Morgan fingerprint density at radius 3 is 2.48 bits per heavy atom. The van der Waals surface area contributed by atoms with Crippen LogP contribution in [0.5, 0.6) is 0 Å². The molecule has 0 aliphatic carbocycles. The maximum absolute atomic E-state index is 12.4. The van der Waals surface area contributed by atoms with Crippen LogP contribution >= 0.6 is 0 Å². The fourth-order valence-electron chi connectivity index (χ4n) is 2.78. The molecule has 2 aromatic carbocycles. The number of likely N-dealkylation sites (N-methyl/N-ethyl adjacent to an activating group) is 1. The number of carbonyl (C=O) groups excluding carboxylic acids is 1. The Labute approximate surface area is 125 Å². The molecule has 0 atom stereocenters. The van der Waals surface area contributed by atoms with Crippen molar-refractivity contribution in [1.82, 2.24) is 4.90 Å². The first-order chi connectivity index (χ1) is 10.2. The van der Waals surface area contributed by atoms with Crippen LogP contribution in [-0.4, -0.2) is 30.9 Å². The Hall–Kier alpha value is -2.13. The molecule has 0 bridgehead atoms. The van der Waals surface area contributed by atoms with Crippen molar-refractivity contribution in [3.8, 4) is 0 Å². The maximum Gasteiger partial charge on any atom is 0.240 e. The maximum atomic E-state index is 12.4. The average Bonchev–Trinajstić information content (AvgIpc) is 2.55. The quantitative estimate of drug-likeness (QED) is 0.863. The number of carbonyl (C=O) groups is 1. The molecule has 0 unspecified atom stereocenters. The molecule has 3 rings (SSSR count). The van der Waals surface area contributed by atoms with E-state index in [1.54, 1.807) is 4.90 Å². The number of hydrogen-bond donors (Lipinski definition) is 0. The lowest BCUT2D eigenvalue weighted by molar-refractivity contribution is -0.119. The van der Waals surface area contributed by atoms with Crippen LogP contribution in [0.4, 0.5) is 5.69 Å². The normalized spacial score (nSPS) is 14.5. The summed E-state index contributed by atoms with van der Waals surface area (Å²) in [6.45, 7) is 2.29. The predicted molar refractivity (Wildman–Crippen MR) is 85.3 cm³/mol. The van der Waals surface area contributed by atoms with E-state index in [0.717, 1.165) is 25.2 Å². The molecule has 3 heteroatoms. The summed E-state index contributed by atoms with van der Waals surface area (Å²) in [5, 5.41) is 0. The van der Waals surface area contributed by atoms with Gasteiger partial charge in [-0.25, -0.2) is 0 Å². The molecule has 0 fully saturated rings. The molecule has 1 aliphatic rings. The summed E-state index contributed by atoms with van der Waals surface area (Å²) < 4.78 is 0. The summed E-state index contributed by atoms with van der Waals surface area (Å²) in [4.78, 5) is 16.4. The number of anilines is 1. The summed E-state index contributed by atoms with van der Waals surface area (Å²) in [5.74, 6) is 0.139. The second-order valence-corrected chi connectivity index (χ2v) is 5.52. The van der Waals surface area contributed by atoms with E-state index >= 15 is 0 Å². The summed E-state index contributed by atoms with van der Waals surface area (Å²) in [5.41, 5.74) is 3.71. The number of para-hydroxylation sites is 1. The summed E-state index contributed by atoms with van der Waals surface area (Å²) in [7, 11) is 1.84. The van der Waals surface area contributed by atoms with Gasteiger partial charge in [0.15, 0.2) is 0 Å². The van der Waals surface area contributed by atoms with Gasteiger partial charge < -0.3 is 4.90 Å². The number of benzene rings is 2. The number of amides is 1. The minimum absolute atomic E-state index is 0.139. The predicted octanol–water partition coefficient (Wildman–Crippen LogP) is 2.71. The van der Waals surface area contributed by atoms with Crippen molar-refractivity contribution >= 4 is 11.6 Å². The van der Waals surface area contributed by atoms with E-state index in [9.17, 15) is 4.79 Å². The van der Waals surface area contributed by atoms with Crippen LogP contribution < -0.4 is 4.90 Å². The van der Waals surface area contributed by atoms with Gasteiger partial charge in [0, 0.05) is 25.8 Å². The van der Waals surface area contributed by atoms with Crippen molar-refractivity contribution in [2.75, 3.05) is 25.0 Å². The molecule has 0 spiro atoms. The van der Waals surface area contributed by atoms with Crippen LogP contribution in [0.1, 0.15) is 11.1 Å². The SMILES string of the molecule is CN(C(=O)CN1CCc2ccccc2C1)c1ccccc1. The third-order valence-electron chi connectivity index (χ3n) is 4.09. The molecule has 0 radical (unpaired) electrons. The Bertz CT molecular complexity index is 624. The van der Waals surface area contributed by atoms with E-state index < -0.39 is 0 Å². The zero-order chi connectivity index (χ0) is 14.7. The molecule has 0 N–H and O–H groups in total. The standard InChI is InChI=1S/C18H20N2O/c1-19(17-9-3-2-4-10-17)18(21)14-20-12-11-15-7-5-6-8-16(15)13-20/h2-10H,11-14H2,1H3. The Balaban J connectivity index is 1.64. The van der Waals surface area contributed by atoms with E-state index in [-0.39, 0.29) is 5.91 Å². The summed E-state index contributed by atoms with van der Waals surface area (Å²) in [6, 6.07) is 18.3. The number of nitrogens with zero attached hydrogens (tertiary/aromatic N) is 2. The van der Waals surface area contributed by atoms with Crippen LogP contribution in [0.2, 0.25) is 0 Å². The summed E-state index contributed by atoms with van der Waals surface area (Å²) in [6.07, 6.45) is 1.03. The minimum atomic E-state index is 0.139. The molecule has 1 amide bonds. The number of rotatable bonds is 3. The van der Waals surface area contributed by atoms with Crippen LogP contribution in [0.15, 0.2) is 54.6 Å². The largest absolute Gasteiger partial charge is 0.314 e. The van der Waals surface area contributed by atoms with Crippen LogP contribution in [0.25, 0.3) is 0 Å². The molecule has 2 aromatic rings. The average molecular weight is 280 g/mol. The topological polar surface area (TPSA) is 23.6 Å². The minimum Gasteiger partial charge on any atom is -0.314 e. The second-order valence-electron chi connectivity index (χ2n) is 5.52. The van der Waals surface area contributed by atoms with Gasteiger partial charge in [-0.3, -0.25) is 9.69 Å². The van der Waals surface area contributed by atoms with Crippen molar-refractivity contribution < 1.29 is 4.79 Å². The van der Waals surface area contributed by atoms with E-state index in [2.05, 4.69) is 29.2 Å². The Morgan fingerprint density at radius 2 is 1.71 bits per heavy atom. The second kappa shape index (κ2) is 6.10. The molecule has 0 saturated carbocycles. The van der Waals surface area contributed by atoms with E-state index in [1.807, 2.05) is 37.4 Å². The third kappa shape index (κ3) is 3.14. The first-order valence-electron chi connectivity index (χ1n) is 7.35. The van der Waals surface area contributed by atoms with Gasteiger partial charge in [-0.05, 0) is 29.7 Å². The van der Waals surface area contributed by atoms with Crippen molar-refractivity contribution in [2.45, 2.75) is 13.0 Å². The van der Waals surface area contributed by atoms with Crippen molar-refractivity contribution in [1.29, 1.82) is 0 Å². The molecule has 3 nitrogen and oxygen atoms in total. The van der Waals surface area contributed by atoms with Gasteiger partial charge in [0.05, 0.1) is 6.54 Å². The molecule has 0 saturated heterocycles. The van der Waals surface area contributed by atoms with Gasteiger partial charge in [-0.2, -0.15) is 0 Å². The van der Waals surface area contributed by atoms with E-state index in [4.69, 9.17) is 0 Å². The Morgan fingerprint density at radius 1 is 1.05 bits per heavy atom. The molecule has 1 heterocycles. The van der Waals surface area contributed by atoms with Crippen LogP contribution in [0.3, 0.4) is 0 Å². The molecule has 108 valence electrons. The molecule has 1 aliphatic heterocycles. The van der Waals surface area contributed by atoms with Gasteiger partial charge in [-0.1, -0.05) is 42.5 Å². The highest BCUT2D eigenvalue weighted by molar-refractivity contribution is 5.94. The first kappa shape index (κ1) is 13.8.